The number of aryl methyl sites for hydroxylation is 1. The highest BCUT2D eigenvalue weighted by atomic mass is 19.1. The molecule has 0 aliphatic carbocycles. The number of hydrogen-bond acceptors (Lipinski definition) is 2. The fourth-order valence-corrected chi connectivity index (χ4v) is 1.20. The van der Waals surface area contributed by atoms with E-state index in [1.165, 1.54) is 12.1 Å². The topological polar surface area (TPSA) is 69.1 Å². The summed E-state index contributed by atoms with van der Waals surface area (Å²) >= 11 is 0. The molecule has 0 aromatic heterocycles. The molecule has 1 amide bonds. The average Bonchev–Trinajstić information content (AvgIpc) is 2.11. The number of nitrogens with two attached hydrogens (primary N) is 2. The van der Waals surface area contributed by atoms with Gasteiger partial charge in [-0.05, 0) is 36.6 Å². The molecule has 0 spiro atoms. The number of benzene rings is 1. The lowest BCUT2D eigenvalue weighted by Crippen LogP contribution is -2.38. The van der Waals surface area contributed by atoms with Gasteiger partial charge in [0.25, 0.3) is 0 Å². The molecule has 1 atom stereocenters. The van der Waals surface area contributed by atoms with E-state index in [1.54, 1.807) is 6.07 Å². The van der Waals surface area contributed by atoms with Crippen molar-refractivity contribution in [3.63, 3.8) is 0 Å². The van der Waals surface area contributed by atoms with Gasteiger partial charge in [-0.3, -0.25) is 4.79 Å². The standard InChI is InChI=1S/C10H13FN2O/c1-6-2-3-8(11)4-7(6)5-9(12)10(13)14/h2-4,9H,5,12H2,1H3,(H2,13,14). The van der Waals surface area contributed by atoms with Crippen LogP contribution in [0.1, 0.15) is 11.1 Å². The minimum absolute atomic E-state index is 0.277. The Balaban J connectivity index is 2.85. The van der Waals surface area contributed by atoms with Crippen molar-refractivity contribution in [2.75, 3.05) is 0 Å². The number of primary amides is 1. The first-order valence-electron chi connectivity index (χ1n) is 4.30. The molecule has 3 nitrogen and oxygen atoms in total. The van der Waals surface area contributed by atoms with E-state index >= 15 is 0 Å². The molecule has 1 aromatic rings. The van der Waals surface area contributed by atoms with Gasteiger partial charge in [0.05, 0.1) is 6.04 Å². The van der Waals surface area contributed by atoms with Crippen LogP contribution < -0.4 is 11.5 Å². The molecule has 4 N–H and O–H groups in total. The Bertz CT molecular complexity index is 352. The summed E-state index contributed by atoms with van der Waals surface area (Å²) in [7, 11) is 0. The largest absolute Gasteiger partial charge is 0.368 e. The number of rotatable bonds is 3. The second-order valence-electron chi connectivity index (χ2n) is 3.28. The molecule has 0 bridgehead atoms. The fourth-order valence-electron chi connectivity index (χ4n) is 1.20. The second-order valence-corrected chi connectivity index (χ2v) is 3.28. The van der Waals surface area contributed by atoms with Crippen molar-refractivity contribution in [3.8, 4) is 0 Å². The van der Waals surface area contributed by atoms with Gasteiger partial charge in [-0.1, -0.05) is 6.07 Å². The molecule has 0 aliphatic rings. The zero-order valence-electron chi connectivity index (χ0n) is 7.96. The predicted molar refractivity (Wildman–Crippen MR) is 52.0 cm³/mol. The van der Waals surface area contributed by atoms with E-state index in [0.29, 0.717) is 0 Å². The van der Waals surface area contributed by atoms with Crippen LogP contribution in [0.3, 0.4) is 0 Å². The number of amides is 1. The predicted octanol–water partition coefficient (Wildman–Crippen LogP) is 0.489. The van der Waals surface area contributed by atoms with Gasteiger partial charge in [-0.2, -0.15) is 0 Å². The summed E-state index contributed by atoms with van der Waals surface area (Å²) in [5.74, 6) is -0.907. The van der Waals surface area contributed by atoms with Gasteiger partial charge in [-0.15, -0.1) is 0 Å². The maximum absolute atomic E-state index is 12.8. The van der Waals surface area contributed by atoms with E-state index in [2.05, 4.69) is 0 Å². The van der Waals surface area contributed by atoms with Gasteiger partial charge in [0.2, 0.25) is 5.91 Å². The highest BCUT2D eigenvalue weighted by Crippen LogP contribution is 2.11. The van der Waals surface area contributed by atoms with Gasteiger partial charge in [-0.25, -0.2) is 4.39 Å². The van der Waals surface area contributed by atoms with Crippen LogP contribution in [0.4, 0.5) is 4.39 Å². The number of halogens is 1. The summed E-state index contributed by atoms with van der Waals surface area (Å²) in [4.78, 5) is 10.7. The van der Waals surface area contributed by atoms with Crippen LogP contribution in [0.25, 0.3) is 0 Å². The Hall–Kier alpha value is -1.42. The molecular weight excluding hydrogens is 183 g/mol. The summed E-state index contributed by atoms with van der Waals surface area (Å²) in [5.41, 5.74) is 12.1. The molecule has 1 rings (SSSR count). The molecule has 0 saturated carbocycles. The maximum Gasteiger partial charge on any atom is 0.234 e. The Morgan fingerprint density at radius 2 is 2.21 bits per heavy atom. The van der Waals surface area contributed by atoms with Crippen molar-refractivity contribution in [1.29, 1.82) is 0 Å². The van der Waals surface area contributed by atoms with Gasteiger partial charge < -0.3 is 11.5 Å². The fraction of sp³-hybridized carbons (Fsp3) is 0.300. The summed E-state index contributed by atoms with van der Waals surface area (Å²) in [6, 6.07) is 3.64. The molecular formula is C10H13FN2O. The third kappa shape index (κ3) is 2.53. The minimum atomic E-state index is -0.754. The molecule has 0 aliphatic heterocycles. The lowest BCUT2D eigenvalue weighted by Gasteiger charge is -2.09. The van der Waals surface area contributed by atoms with Crippen molar-refractivity contribution in [2.24, 2.45) is 11.5 Å². The summed E-state index contributed by atoms with van der Waals surface area (Å²) in [5, 5.41) is 0. The first kappa shape index (κ1) is 10.7. The van der Waals surface area contributed by atoms with Gasteiger partial charge in [0, 0.05) is 0 Å². The summed E-state index contributed by atoms with van der Waals surface area (Å²) in [6.45, 7) is 1.84. The highest BCUT2D eigenvalue weighted by molar-refractivity contribution is 5.79. The number of carbonyl (C=O) groups is 1. The number of hydrogen-bond donors (Lipinski definition) is 2. The molecule has 0 heterocycles. The quantitative estimate of drug-likeness (QED) is 0.738. The van der Waals surface area contributed by atoms with Crippen LogP contribution in [0.15, 0.2) is 18.2 Å². The normalized spacial score (nSPS) is 12.5. The summed E-state index contributed by atoms with van der Waals surface area (Å²) < 4.78 is 12.8. The monoisotopic (exact) mass is 196 g/mol. The van der Waals surface area contributed by atoms with Crippen molar-refractivity contribution < 1.29 is 9.18 Å². The van der Waals surface area contributed by atoms with Crippen LogP contribution in [-0.2, 0) is 11.2 Å². The Morgan fingerprint density at radius 1 is 1.57 bits per heavy atom. The van der Waals surface area contributed by atoms with Gasteiger partial charge in [0.1, 0.15) is 5.82 Å². The lowest BCUT2D eigenvalue weighted by atomic mass is 10.0. The first-order valence-corrected chi connectivity index (χ1v) is 4.30. The van der Waals surface area contributed by atoms with Crippen molar-refractivity contribution in [2.45, 2.75) is 19.4 Å². The smallest absolute Gasteiger partial charge is 0.234 e. The highest BCUT2D eigenvalue weighted by Gasteiger charge is 2.11. The van der Waals surface area contributed by atoms with Crippen LogP contribution in [-0.4, -0.2) is 11.9 Å². The maximum atomic E-state index is 12.8. The van der Waals surface area contributed by atoms with Crippen molar-refractivity contribution in [3.05, 3.63) is 35.1 Å². The Labute approximate surface area is 81.9 Å². The zero-order valence-corrected chi connectivity index (χ0v) is 7.96. The first-order chi connectivity index (χ1) is 6.50. The molecule has 14 heavy (non-hydrogen) atoms. The zero-order chi connectivity index (χ0) is 10.7. The third-order valence-electron chi connectivity index (χ3n) is 2.12. The SMILES string of the molecule is Cc1ccc(F)cc1CC(N)C(N)=O. The van der Waals surface area contributed by atoms with E-state index in [4.69, 9.17) is 11.5 Å². The van der Waals surface area contributed by atoms with E-state index in [9.17, 15) is 9.18 Å². The molecule has 76 valence electrons. The van der Waals surface area contributed by atoms with Crippen LogP contribution in [0.5, 0.6) is 0 Å². The van der Waals surface area contributed by atoms with E-state index in [0.717, 1.165) is 11.1 Å². The van der Waals surface area contributed by atoms with Crippen molar-refractivity contribution in [1.82, 2.24) is 0 Å². The summed E-state index contributed by atoms with van der Waals surface area (Å²) in [6.07, 6.45) is 0.277. The van der Waals surface area contributed by atoms with Crippen LogP contribution >= 0.6 is 0 Å². The third-order valence-corrected chi connectivity index (χ3v) is 2.12. The van der Waals surface area contributed by atoms with Crippen LogP contribution in [0, 0.1) is 12.7 Å². The van der Waals surface area contributed by atoms with Crippen LogP contribution in [0.2, 0.25) is 0 Å². The van der Waals surface area contributed by atoms with E-state index in [-0.39, 0.29) is 12.2 Å². The average molecular weight is 196 g/mol. The lowest BCUT2D eigenvalue weighted by molar-refractivity contribution is -0.119. The van der Waals surface area contributed by atoms with E-state index in [1.807, 2.05) is 6.92 Å². The molecule has 1 aromatic carbocycles. The van der Waals surface area contributed by atoms with Crippen molar-refractivity contribution >= 4 is 5.91 Å². The molecule has 1 unspecified atom stereocenters. The molecule has 4 heteroatoms. The minimum Gasteiger partial charge on any atom is -0.368 e. The van der Waals surface area contributed by atoms with Gasteiger partial charge >= 0.3 is 0 Å². The molecule has 0 saturated heterocycles. The van der Waals surface area contributed by atoms with Gasteiger partial charge in [0.15, 0.2) is 0 Å². The Kier molecular flexibility index (Phi) is 3.19. The molecule has 0 fully saturated rings. The second kappa shape index (κ2) is 4.19. The van der Waals surface area contributed by atoms with E-state index < -0.39 is 11.9 Å². The number of carbonyl (C=O) groups excluding carboxylic acids is 1. The Morgan fingerprint density at radius 3 is 2.79 bits per heavy atom. The molecule has 0 radical (unpaired) electrons.